The number of carbonyl (C=O) groups excluding carboxylic acids is 1. The summed E-state index contributed by atoms with van der Waals surface area (Å²) in [5.74, 6) is -1.00. The minimum absolute atomic E-state index is 0.165. The van der Waals surface area contributed by atoms with E-state index in [0.717, 1.165) is 12.1 Å². The van der Waals surface area contributed by atoms with Gasteiger partial charge >= 0.3 is 17.3 Å². The summed E-state index contributed by atoms with van der Waals surface area (Å²) in [4.78, 5) is 33.5. The maximum absolute atomic E-state index is 11.0. The number of pyridine rings is 1. The summed E-state index contributed by atoms with van der Waals surface area (Å²) in [6.45, 7) is 0. The number of nitrogens with one attached hydrogen (secondary N) is 1. The van der Waals surface area contributed by atoms with Crippen molar-refractivity contribution >= 4 is 11.8 Å². The van der Waals surface area contributed by atoms with Gasteiger partial charge in [0.25, 0.3) is 0 Å². The van der Waals surface area contributed by atoms with Crippen molar-refractivity contribution in [2.75, 3.05) is 7.11 Å². The van der Waals surface area contributed by atoms with E-state index < -0.39 is 22.3 Å². The Bertz CT molecular complexity index is 451. The van der Waals surface area contributed by atoms with E-state index >= 15 is 0 Å². The van der Waals surface area contributed by atoms with Crippen molar-refractivity contribution in [3.8, 4) is 0 Å². The smallest absolute Gasteiger partial charge is 0.332 e. The molecule has 0 bridgehead atoms. The van der Waals surface area contributed by atoms with Crippen LogP contribution in [0.15, 0.2) is 16.9 Å². The summed E-state index contributed by atoms with van der Waals surface area (Å²) in [5, 5.41) is 10.4. The Kier molecular flexibility index (Phi) is 3.17. The van der Waals surface area contributed by atoms with Crippen LogP contribution in [0, 0.1) is 10.1 Å². The molecule has 1 rings (SSSR count). The number of hydrogen-bond donors (Lipinski definition) is 1. The molecule has 7 heteroatoms. The van der Waals surface area contributed by atoms with Gasteiger partial charge in [0, 0.05) is 12.1 Å². The molecule has 0 radical (unpaired) electrons. The molecule has 0 aliphatic heterocycles. The Morgan fingerprint density at radius 1 is 1.60 bits per heavy atom. The number of carbonyl (C=O) groups is 1. The van der Waals surface area contributed by atoms with E-state index in [4.69, 9.17) is 0 Å². The summed E-state index contributed by atoms with van der Waals surface area (Å²) in [6.07, 6.45) is -0.165. The zero-order valence-corrected chi connectivity index (χ0v) is 7.85. The van der Waals surface area contributed by atoms with Crippen molar-refractivity contribution in [2.24, 2.45) is 0 Å². The van der Waals surface area contributed by atoms with Gasteiger partial charge in [-0.1, -0.05) is 0 Å². The molecule has 0 fully saturated rings. The van der Waals surface area contributed by atoms with E-state index in [2.05, 4.69) is 4.74 Å². The zero-order valence-electron chi connectivity index (χ0n) is 7.85. The lowest BCUT2D eigenvalue weighted by molar-refractivity contribution is -0.389. The summed E-state index contributed by atoms with van der Waals surface area (Å²) in [7, 11) is 1.20. The van der Waals surface area contributed by atoms with Crippen LogP contribution in [-0.4, -0.2) is 23.0 Å². The van der Waals surface area contributed by atoms with Crippen LogP contribution in [0.2, 0.25) is 0 Å². The molecule has 0 aromatic carbocycles. The van der Waals surface area contributed by atoms with Crippen LogP contribution in [0.25, 0.3) is 0 Å². The molecule has 7 nitrogen and oxygen atoms in total. The molecular weight excluding hydrogens is 204 g/mol. The molecule has 80 valence electrons. The molecular formula is C8H8N2O5. The number of nitro groups is 1. The predicted molar refractivity (Wildman–Crippen MR) is 49.4 cm³/mol. The van der Waals surface area contributed by atoms with Gasteiger partial charge in [0.15, 0.2) is 0 Å². The number of hydrogen-bond acceptors (Lipinski definition) is 5. The van der Waals surface area contributed by atoms with Crippen LogP contribution in [0.5, 0.6) is 0 Å². The third-order valence-corrected chi connectivity index (χ3v) is 1.66. The number of aromatic nitrogens is 1. The monoisotopic (exact) mass is 212 g/mol. The standard InChI is InChI=1S/C8H8N2O5/c1-15-8(12)4-5-2-6(10(13)14)9-7(11)3-5/h2-3H,4H2,1H3,(H,9,11). The molecule has 0 aliphatic carbocycles. The van der Waals surface area contributed by atoms with Gasteiger partial charge in [0.05, 0.1) is 13.5 Å². The molecule has 0 atom stereocenters. The van der Waals surface area contributed by atoms with E-state index in [-0.39, 0.29) is 12.0 Å². The predicted octanol–water partition coefficient (Wildman–Crippen LogP) is -0.00140. The van der Waals surface area contributed by atoms with Crippen molar-refractivity contribution in [3.63, 3.8) is 0 Å². The van der Waals surface area contributed by atoms with Crippen LogP contribution in [0.3, 0.4) is 0 Å². The number of aromatic amines is 1. The summed E-state index contributed by atoms with van der Waals surface area (Å²) >= 11 is 0. The molecule has 0 saturated carbocycles. The second-order valence-electron chi connectivity index (χ2n) is 2.75. The SMILES string of the molecule is COC(=O)Cc1cc([N+](=O)[O-])[nH]c(=O)c1. The van der Waals surface area contributed by atoms with Crippen molar-refractivity contribution < 1.29 is 14.5 Å². The lowest BCUT2D eigenvalue weighted by Gasteiger charge is -1.99. The van der Waals surface area contributed by atoms with Crippen LogP contribution in [0.1, 0.15) is 5.56 Å². The van der Waals surface area contributed by atoms with Gasteiger partial charge in [0.1, 0.15) is 0 Å². The van der Waals surface area contributed by atoms with Gasteiger partial charge in [-0.25, -0.2) is 9.78 Å². The highest BCUT2D eigenvalue weighted by molar-refractivity contribution is 5.72. The summed E-state index contributed by atoms with van der Waals surface area (Å²) < 4.78 is 4.37. The Labute approximate surface area is 83.8 Å². The third-order valence-electron chi connectivity index (χ3n) is 1.66. The van der Waals surface area contributed by atoms with Gasteiger partial charge in [-0.3, -0.25) is 4.79 Å². The zero-order chi connectivity index (χ0) is 11.4. The van der Waals surface area contributed by atoms with E-state index in [0.29, 0.717) is 0 Å². The topological polar surface area (TPSA) is 102 Å². The fraction of sp³-hybridized carbons (Fsp3) is 0.250. The maximum Gasteiger partial charge on any atom is 0.332 e. The second kappa shape index (κ2) is 4.36. The van der Waals surface area contributed by atoms with Gasteiger partial charge < -0.3 is 14.9 Å². The molecule has 0 spiro atoms. The van der Waals surface area contributed by atoms with E-state index in [1.54, 1.807) is 0 Å². The first-order valence-corrected chi connectivity index (χ1v) is 3.97. The molecule has 1 aromatic rings. The number of esters is 1. The van der Waals surface area contributed by atoms with E-state index in [1.165, 1.54) is 7.11 Å². The summed E-state index contributed by atoms with van der Waals surface area (Å²) in [6, 6.07) is 2.24. The third kappa shape index (κ3) is 2.90. The molecule has 0 unspecified atom stereocenters. The minimum atomic E-state index is -0.734. The quantitative estimate of drug-likeness (QED) is 0.431. The molecule has 0 saturated heterocycles. The van der Waals surface area contributed by atoms with E-state index in [9.17, 15) is 19.7 Å². The van der Waals surface area contributed by atoms with Crippen LogP contribution >= 0.6 is 0 Å². The highest BCUT2D eigenvalue weighted by Gasteiger charge is 2.10. The molecule has 1 heterocycles. The van der Waals surface area contributed by atoms with Gasteiger partial charge in [-0.15, -0.1) is 0 Å². The summed E-state index contributed by atoms with van der Waals surface area (Å²) in [5.41, 5.74) is -0.375. The first kappa shape index (κ1) is 10.9. The highest BCUT2D eigenvalue weighted by Crippen LogP contribution is 2.07. The Morgan fingerprint density at radius 2 is 2.27 bits per heavy atom. The highest BCUT2D eigenvalue weighted by atomic mass is 16.6. The number of methoxy groups -OCH3 is 1. The fourth-order valence-electron chi connectivity index (χ4n) is 1.02. The second-order valence-corrected chi connectivity index (χ2v) is 2.75. The number of rotatable bonds is 3. The number of H-pyrrole nitrogens is 1. The van der Waals surface area contributed by atoms with Gasteiger partial charge in [0.2, 0.25) is 0 Å². The Balaban J connectivity index is 3.04. The first-order valence-electron chi connectivity index (χ1n) is 3.97. The lowest BCUT2D eigenvalue weighted by Crippen LogP contribution is -2.12. The Hall–Kier alpha value is -2.18. The van der Waals surface area contributed by atoms with Crippen molar-refractivity contribution in [2.45, 2.75) is 6.42 Å². The van der Waals surface area contributed by atoms with Crippen LogP contribution in [-0.2, 0) is 16.0 Å². The van der Waals surface area contributed by atoms with Crippen molar-refractivity contribution in [3.05, 3.63) is 38.2 Å². The van der Waals surface area contributed by atoms with E-state index in [1.807, 2.05) is 4.98 Å². The van der Waals surface area contributed by atoms with Crippen molar-refractivity contribution in [1.82, 2.24) is 4.98 Å². The molecule has 1 N–H and O–H groups in total. The maximum atomic E-state index is 11.0. The van der Waals surface area contributed by atoms with Crippen LogP contribution in [0.4, 0.5) is 5.82 Å². The molecule has 0 aliphatic rings. The average Bonchev–Trinajstić information content (AvgIpc) is 2.16. The Morgan fingerprint density at radius 3 is 2.80 bits per heavy atom. The van der Waals surface area contributed by atoms with Gasteiger partial charge in [-0.2, -0.15) is 0 Å². The molecule has 15 heavy (non-hydrogen) atoms. The molecule has 1 aromatic heterocycles. The normalized spacial score (nSPS) is 9.67. The number of ether oxygens (including phenoxy) is 1. The number of nitrogens with zero attached hydrogens (tertiary/aromatic N) is 1. The average molecular weight is 212 g/mol. The van der Waals surface area contributed by atoms with Crippen molar-refractivity contribution in [1.29, 1.82) is 0 Å². The minimum Gasteiger partial charge on any atom is -0.469 e. The largest absolute Gasteiger partial charge is 0.469 e. The van der Waals surface area contributed by atoms with Gasteiger partial charge in [-0.05, 0) is 10.5 Å². The fourth-order valence-corrected chi connectivity index (χ4v) is 1.02. The lowest BCUT2D eigenvalue weighted by atomic mass is 10.2. The van der Waals surface area contributed by atoms with Crippen LogP contribution < -0.4 is 5.56 Å². The first-order chi connectivity index (χ1) is 7.02. The molecule has 0 amide bonds.